The van der Waals surface area contributed by atoms with Gasteiger partial charge in [-0.3, -0.25) is 0 Å². The van der Waals surface area contributed by atoms with Gasteiger partial charge in [-0.1, -0.05) is 52.3 Å². The van der Waals surface area contributed by atoms with E-state index in [-0.39, 0.29) is 5.41 Å². The van der Waals surface area contributed by atoms with Crippen molar-refractivity contribution in [2.24, 2.45) is 0 Å². The van der Waals surface area contributed by atoms with Crippen LogP contribution in [-0.4, -0.2) is 16.6 Å². The number of rotatable bonds is 2. The summed E-state index contributed by atoms with van der Waals surface area (Å²) in [5.41, 5.74) is 5.79. The molecule has 0 aliphatic carbocycles. The van der Waals surface area contributed by atoms with Crippen molar-refractivity contribution in [2.45, 2.75) is 11.8 Å². The first kappa shape index (κ1) is 16.9. The summed E-state index contributed by atoms with van der Waals surface area (Å²) < 4.78 is 7.17. The Morgan fingerprint density at radius 1 is 0.759 bits per heavy atom. The Balaban J connectivity index is 1.77. The molecule has 0 atom stereocenters. The predicted octanol–water partition coefficient (Wildman–Crippen LogP) is 6.53. The summed E-state index contributed by atoms with van der Waals surface area (Å²) in [6.07, 6.45) is 5.24. The molecule has 0 spiro atoms. The van der Waals surface area contributed by atoms with E-state index in [4.69, 9.17) is 4.74 Å². The number of nitrogens with one attached hydrogen (secondary N) is 2. The van der Waals surface area contributed by atoms with Gasteiger partial charge in [0.05, 0.1) is 12.0 Å². The van der Waals surface area contributed by atoms with Gasteiger partial charge in [0.1, 0.15) is 5.75 Å². The Labute approximate surface area is 176 Å². The quantitative estimate of drug-likeness (QED) is 0.320. The summed E-state index contributed by atoms with van der Waals surface area (Å²) in [6, 6.07) is 23.5. The number of H-pyrrole nitrogens is 2. The van der Waals surface area contributed by atoms with E-state index >= 15 is 0 Å². The highest BCUT2D eigenvalue weighted by atomic mass is 79.9. The smallest absolute Gasteiger partial charge is 0.123 e. The lowest BCUT2D eigenvalue weighted by atomic mass is 9.66. The number of fused-ring (bicyclic) bond motifs is 3. The van der Waals surface area contributed by atoms with Gasteiger partial charge in [0.2, 0.25) is 0 Å². The van der Waals surface area contributed by atoms with E-state index in [2.05, 4.69) is 105 Å². The Morgan fingerprint density at radius 2 is 1.38 bits per heavy atom. The second-order valence-electron chi connectivity index (χ2n) is 7.64. The molecule has 29 heavy (non-hydrogen) atoms. The summed E-state index contributed by atoms with van der Waals surface area (Å²) in [6.45, 7) is 0.674. The van der Waals surface area contributed by atoms with E-state index in [1.807, 2.05) is 0 Å². The Kier molecular flexibility index (Phi) is 3.65. The lowest BCUT2D eigenvalue weighted by Gasteiger charge is -2.39. The third kappa shape index (κ3) is 2.36. The lowest BCUT2D eigenvalue weighted by Crippen LogP contribution is -2.35. The summed E-state index contributed by atoms with van der Waals surface area (Å²) in [5, 5.41) is 2.51. The van der Waals surface area contributed by atoms with Crippen LogP contribution in [0.2, 0.25) is 0 Å². The minimum absolute atomic E-state index is 0.309. The number of para-hydroxylation sites is 2. The van der Waals surface area contributed by atoms with Crippen molar-refractivity contribution in [3.8, 4) is 5.75 Å². The molecule has 0 saturated carbocycles. The van der Waals surface area contributed by atoms with E-state index in [1.54, 1.807) is 0 Å². The van der Waals surface area contributed by atoms with E-state index in [1.165, 1.54) is 27.5 Å². The monoisotopic (exact) mass is 442 g/mol. The van der Waals surface area contributed by atoms with Crippen molar-refractivity contribution in [2.75, 3.05) is 6.61 Å². The maximum Gasteiger partial charge on any atom is 0.123 e. The first-order valence-corrected chi connectivity index (χ1v) is 10.6. The maximum absolute atomic E-state index is 6.11. The molecule has 4 heteroatoms. The van der Waals surface area contributed by atoms with Gasteiger partial charge in [-0.05, 0) is 47.9 Å². The molecule has 1 aliphatic heterocycles. The second kappa shape index (κ2) is 6.26. The van der Waals surface area contributed by atoms with Crippen molar-refractivity contribution in [3.63, 3.8) is 0 Å². The second-order valence-corrected chi connectivity index (χ2v) is 8.56. The Hall–Kier alpha value is -2.98. The highest BCUT2D eigenvalue weighted by Gasteiger charge is 2.44. The first-order chi connectivity index (χ1) is 14.3. The minimum Gasteiger partial charge on any atom is -0.493 e. The Bertz CT molecular complexity index is 1290. The highest BCUT2D eigenvalue weighted by Crippen LogP contribution is 2.52. The minimum atomic E-state index is -0.309. The summed E-state index contributed by atoms with van der Waals surface area (Å²) >= 11 is 3.70. The van der Waals surface area contributed by atoms with Crippen molar-refractivity contribution in [1.29, 1.82) is 0 Å². The molecule has 2 N–H and O–H groups in total. The van der Waals surface area contributed by atoms with Gasteiger partial charge in [0, 0.05) is 44.2 Å². The lowest BCUT2D eigenvalue weighted by molar-refractivity contribution is 0.253. The number of hydrogen-bond acceptors (Lipinski definition) is 1. The number of ether oxygens (including phenoxy) is 1. The molecule has 0 bridgehead atoms. The van der Waals surface area contributed by atoms with Crippen LogP contribution in [0.3, 0.4) is 0 Å². The number of aromatic amines is 2. The van der Waals surface area contributed by atoms with Gasteiger partial charge in [-0.15, -0.1) is 0 Å². The van der Waals surface area contributed by atoms with Crippen LogP contribution in [0.5, 0.6) is 5.75 Å². The summed E-state index contributed by atoms with van der Waals surface area (Å²) in [4.78, 5) is 7.01. The van der Waals surface area contributed by atoms with Crippen molar-refractivity contribution in [1.82, 2.24) is 9.97 Å². The molecule has 0 amide bonds. The van der Waals surface area contributed by atoms with Gasteiger partial charge in [-0.2, -0.15) is 0 Å². The average molecular weight is 443 g/mol. The molecular weight excluding hydrogens is 424 g/mol. The van der Waals surface area contributed by atoms with Crippen LogP contribution in [0.25, 0.3) is 21.8 Å². The zero-order valence-electron chi connectivity index (χ0n) is 15.7. The van der Waals surface area contributed by atoms with Crippen molar-refractivity contribution in [3.05, 3.63) is 100 Å². The van der Waals surface area contributed by atoms with E-state index in [0.29, 0.717) is 6.61 Å². The molecule has 0 saturated heterocycles. The maximum atomic E-state index is 6.11. The molecule has 3 nitrogen and oxygen atoms in total. The van der Waals surface area contributed by atoms with Gasteiger partial charge in [-0.25, -0.2) is 0 Å². The van der Waals surface area contributed by atoms with Crippen LogP contribution < -0.4 is 4.74 Å². The molecule has 3 heterocycles. The van der Waals surface area contributed by atoms with E-state index in [9.17, 15) is 0 Å². The fraction of sp³-hybridized carbons (Fsp3) is 0.120. The predicted molar refractivity (Wildman–Crippen MR) is 121 cm³/mol. The van der Waals surface area contributed by atoms with Crippen molar-refractivity contribution < 1.29 is 4.74 Å². The van der Waals surface area contributed by atoms with Crippen molar-refractivity contribution >= 4 is 37.7 Å². The third-order valence-electron chi connectivity index (χ3n) is 6.23. The number of benzene rings is 3. The van der Waals surface area contributed by atoms with Crippen LogP contribution in [0.1, 0.15) is 23.1 Å². The molecular formula is C25H19BrN2O. The SMILES string of the molecule is Brc1ccc2c(c1)C(c1c[nH]c3ccccc13)(c1c[nH]c3ccccc13)CCO2. The van der Waals surface area contributed by atoms with Gasteiger partial charge in [0.25, 0.3) is 0 Å². The normalized spacial score (nSPS) is 15.3. The highest BCUT2D eigenvalue weighted by molar-refractivity contribution is 9.10. The van der Waals surface area contributed by atoms with Gasteiger partial charge < -0.3 is 14.7 Å². The fourth-order valence-electron chi connectivity index (χ4n) is 4.96. The molecule has 0 fully saturated rings. The number of hydrogen-bond donors (Lipinski definition) is 2. The summed E-state index contributed by atoms with van der Waals surface area (Å²) in [7, 11) is 0. The molecule has 0 radical (unpaired) electrons. The molecule has 5 aromatic rings. The number of aromatic nitrogens is 2. The third-order valence-corrected chi connectivity index (χ3v) is 6.73. The molecule has 1 aliphatic rings. The zero-order valence-corrected chi connectivity index (χ0v) is 17.3. The molecule has 142 valence electrons. The van der Waals surface area contributed by atoms with Crippen LogP contribution >= 0.6 is 15.9 Å². The van der Waals surface area contributed by atoms with Crippen LogP contribution in [0.4, 0.5) is 0 Å². The van der Waals surface area contributed by atoms with Crippen LogP contribution in [0, 0.1) is 0 Å². The fourth-order valence-corrected chi connectivity index (χ4v) is 5.33. The molecule has 0 unspecified atom stereocenters. The number of halogens is 1. The molecule has 2 aromatic heterocycles. The average Bonchev–Trinajstić information content (AvgIpc) is 3.38. The van der Waals surface area contributed by atoms with E-state index < -0.39 is 0 Å². The largest absolute Gasteiger partial charge is 0.493 e. The molecule has 6 rings (SSSR count). The summed E-state index contributed by atoms with van der Waals surface area (Å²) in [5.74, 6) is 0.954. The van der Waals surface area contributed by atoms with E-state index in [0.717, 1.165) is 27.7 Å². The van der Waals surface area contributed by atoms with Gasteiger partial charge in [0.15, 0.2) is 0 Å². The first-order valence-electron chi connectivity index (χ1n) is 9.83. The topological polar surface area (TPSA) is 40.8 Å². The Morgan fingerprint density at radius 3 is 2.03 bits per heavy atom. The van der Waals surface area contributed by atoms with Crippen LogP contribution in [0.15, 0.2) is 83.6 Å². The zero-order chi connectivity index (χ0) is 19.4. The van der Waals surface area contributed by atoms with Gasteiger partial charge >= 0.3 is 0 Å². The molecule has 3 aromatic carbocycles. The standard InChI is InChI=1S/C25H19BrN2O/c26-16-9-10-24-19(13-16)25(11-12-29-24,20-14-27-22-7-3-1-5-17(20)22)21-15-28-23-8-4-2-6-18(21)23/h1-10,13-15,27-28H,11-12H2. The van der Waals surface area contributed by atoms with Crippen LogP contribution in [-0.2, 0) is 5.41 Å².